The zero-order chi connectivity index (χ0) is 14.5. The number of nitrogens with zero attached hydrogens (tertiary/aromatic N) is 1. The Bertz CT molecular complexity index is 610. The molecule has 1 N–H and O–H groups in total. The van der Waals surface area contributed by atoms with Crippen LogP contribution in [0.4, 0.5) is 0 Å². The number of aliphatic carboxylic acids is 1. The van der Waals surface area contributed by atoms with Crippen molar-refractivity contribution in [2.24, 2.45) is 0 Å². The van der Waals surface area contributed by atoms with Crippen LogP contribution in [0.2, 0.25) is 0 Å². The Morgan fingerprint density at radius 1 is 1.35 bits per heavy atom. The van der Waals surface area contributed by atoms with E-state index in [9.17, 15) is 9.90 Å². The van der Waals surface area contributed by atoms with Gasteiger partial charge in [0.05, 0.1) is 13.0 Å². The summed E-state index contributed by atoms with van der Waals surface area (Å²) >= 11 is 0. The molecule has 0 fully saturated rings. The lowest BCUT2D eigenvalue weighted by Gasteiger charge is -2.15. The summed E-state index contributed by atoms with van der Waals surface area (Å²) in [6, 6.07) is 11.2. The van der Waals surface area contributed by atoms with Gasteiger partial charge in [-0.15, -0.1) is 0 Å². The third kappa shape index (κ3) is 3.15. The van der Waals surface area contributed by atoms with Gasteiger partial charge in [0, 0.05) is 12.3 Å². The molecule has 1 unspecified atom stereocenters. The Balaban J connectivity index is 2.32. The average molecular weight is 271 g/mol. The van der Waals surface area contributed by atoms with Crippen LogP contribution in [0.1, 0.15) is 22.6 Å². The molecule has 20 heavy (non-hydrogen) atoms. The highest BCUT2D eigenvalue weighted by Gasteiger charge is 2.21. The number of ether oxygens (including phenoxy) is 1. The number of aryl methyl sites for hydroxylation is 1. The lowest BCUT2D eigenvalue weighted by Crippen LogP contribution is -2.15. The molecule has 0 saturated carbocycles. The topological polar surface area (TPSA) is 59.4 Å². The van der Waals surface area contributed by atoms with E-state index in [-0.39, 0.29) is 0 Å². The summed E-state index contributed by atoms with van der Waals surface area (Å²) in [4.78, 5) is 15.6. The molecule has 0 radical (unpaired) electrons. The first-order chi connectivity index (χ1) is 9.61. The van der Waals surface area contributed by atoms with Crippen LogP contribution in [-0.4, -0.2) is 23.2 Å². The lowest BCUT2D eigenvalue weighted by atomic mass is 9.91. The fourth-order valence-electron chi connectivity index (χ4n) is 2.16. The molecule has 0 aliphatic carbocycles. The minimum absolute atomic E-state index is 0.429. The zero-order valence-corrected chi connectivity index (χ0v) is 11.5. The van der Waals surface area contributed by atoms with Gasteiger partial charge in [-0.1, -0.05) is 24.3 Å². The predicted molar refractivity (Wildman–Crippen MR) is 76.0 cm³/mol. The van der Waals surface area contributed by atoms with Crippen LogP contribution in [0.25, 0.3) is 0 Å². The van der Waals surface area contributed by atoms with Crippen molar-refractivity contribution in [3.8, 4) is 5.88 Å². The molecule has 1 atom stereocenters. The third-order valence-electron chi connectivity index (χ3n) is 3.35. The molecule has 0 bridgehead atoms. The summed E-state index contributed by atoms with van der Waals surface area (Å²) in [7, 11) is 1.52. The highest BCUT2D eigenvalue weighted by molar-refractivity contribution is 5.76. The van der Waals surface area contributed by atoms with Gasteiger partial charge in [-0.25, -0.2) is 4.98 Å². The number of carboxylic acids is 1. The van der Waals surface area contributed by atoms with Gasteiger partial charge in [0.1, 0.15) is 0 Å². The van der Waals surface area contributed by atoms with Gasteiger partial charge in [-0.2, -0.15) is 0 Å². The molecular weight excluding hydrogens is 254 g/mol. The van der Waals surface area contributed by atoms with Crippen molar-refractivity contribution < 1.29 is 14.6 Å². The number of carboxylic acid groups (broad SMARTS) is 1. The molecular formula is C16H17NO3. The molecule has 0 saturated heterocycles. The van der Waals surface area contributed by atoms with Crippen LogP contribution < -0.4 is 4.74 Å². The Hall–Kier alpha value is -2.36. The highest BCUT2D eigenvalue weighted by Crippen LogP contribution is 2.24. The monoisotopic (exact) mass is 271 g/mol. The van der Waals surface area contributed by atoms with E-state index in [2.05, 4.69) is 4.98 Å². The van der Waals surface area contributed by atoms with Crippen molar-refractivity contribution in [2.75, 3.05) is 7.11 Å². The minimum Gasteiger partial charge on any atom is -0.481 e. The summed E-state index contributed by atoms with van der Waals surface area (Å²) in [6.07, 6.45) is 2.02. The molecule has 2 rings (SSSR count). The Labute approximate surface area is 118 Å². The average Bonchev–Trinajstić information content (AvgIpc) is 2.46. The number of benzene rings is 1. The number of rotatable bonds is 5. The van der Waals surface area contributed by atoms with E-state index >= 15 is 0 Å². The number of methoxy groups -OCH3 is 1. The molecule has 0 aliphatic rings. The quantitative estimate of drug-likeness (QED) is 0.908. The summed E-state index contributed by atoms with van der Waals surface area (Å²) in [5, 5.41) is 9.48. The Kier molecular flexibility index (Phi) is 4.35. The molecule has 0 amide bonds. The molecule has 2 aromatic rings. The lowest BCUT2D eigenvalue weighted by molar-refractivity contribution is -0.138. The molecule has 1 heterocycles. The van der Waals surface area contributed by atoms with Gasteiger partial charge >= 0.3 is 5.97 Å². The first kappa shape index (κ1) is 14.1. The van der Waals surface area contributed by atoms with E-state index < -0.39 is 11.9 Å². The summed E-state index contributed by atoms with van der Waals surface area (Å²) in [6.45, 7) is 1.99. The number of pyridine rings is 1. The van der Waals surface area contributed by atoms with E-state index in [0.29, 0.717) is 17.9 Å². The second-order valence-corrected chi connectivity index (χ2v) is 4.65. The summed E-state index contributed by atoms with van der Waals surface area (Å²) < 4.78 is 5.05. The van der Waals surface area contributed by atoms with Gasteiger partial charge in [0.25, 0.3) is 0 Å². The van der Waals surface area contributed by atoms with Crippen molar-refractivity contribution in [3.63, 3.8) is 0 Å². The maximum absolute atomic E-state index is 11.6. The van der Waals surface area contributed by atoms with Crippen LogP contribution in [0.5, 0.6) is 5.88 Å². The van der Waals surface area contributed by atoms with Gasteiger partial charge in [0.2, 0.25) is 5.88 Å². The number of aromatic nitrogens is 1. The third-order valence-corrected chi connectivity index (χ3v) is 3.35. The largest absolute Gasteiger partial charge is 0.481 e. The Morgan fingerprint density at radius 3 is 2.75 bits per heavy atom. The van der Waals surface area contributed by atoms with Crippen molar-refractivity contribution in [1.82, 2.24) is 4.98 Å². The van der Waals surface area contributed by atoms with Gasteiger partial charge in [0.15, 0.2) is 0 Å². The number of hydrogen-bond acceptors (Lipinski definition) is 3. The smallest absolute Gasteiger partial charge is 0.311 e. The first-order valence-corrected chi connectivity index (χ1v) is 6.39. The van der Waals surface area contributed by atoms with Crippen molar-refractivity contribution in [1.29, 1.82) is 0 Å². The van der Waals surface area contributed by atoms with Crippen LogP contribution >= 0.6 is 0 Å². The maximum atomic E-state index is 11.6. The maximum Gasteiger partial charge on any atom is 0.311 e. The van der Waals surface area contributed by atoms with E-state index in [1.807, 2.05) is 31.2 Å². The fourth-order valence-corrected chi connectivity index (χ4v) is 2.16. The molecule has 0 spiro atoms. The van der Waals surface area contributed by atoms with Crippen LogP contribution in [0.3, 0.4) is 0 Å². The normalized spacial score (nSPS) is 11.9. The van der Waals surface area contributed by atoms with Crippen LogP contribution in [0, 0.1) is 6.92 Å². The van der Waals surface area contributed by atoms with Crippen molar-refractivity contribution >= 4 is 5.97 Å². The van der Waals surface area contributed by atoms with Gasteiger partial charge < -0.3 is 9.84 Å². The molecule has 1 aromatic carbocycles. The van der Waals surface area contributed by atoms with E-state index in [1.165, 1.54) is 7.11 Å². The Morgan fingerprint density at radius 2 is 2.10 bits per heavy atom. The van der Waals surface area contributed by atoms with Crippen molar-refractivity contribution in [3.05, 3.63) is 59.3 Å². The fraction of sp³-hybridized carbons (Fsp3) is 0.250. The molecule has 4 heteroatoms. The molecule has 104 valence electrons. The molecule has 0 aliphatic heterocycles. The van der Waals surface area contributed by atoms with E-state index in [1.54, 1.807) is 18.3 Å². The SMILES string of the molecule is COc1cc(C(Cc2ccccc2C)C(=O)O)ccn1. The standard InChI is InChI=1S/C16H17NO3/c1-11-5-3-4-6-12(11)9-14(16(18)19)13-7-8-17-15(10-13)20-2/h3-8,10,14H,9H2,1-2H3,(H,18,19). The number of carbonyl (C=O) groups is 1. The summed E-state index contributed by atoms with van der Waals surface area (Å²) in [5.74, 6) is -1.02. The van der Waals surface area contributed by atoms with E-state index in [0.717, 1.165) is 11.1 Å². The highest BCUT2D eigenvalue weighted by atomic mass is 16.5. The zero-order valence-electron chi connectivity index (χ0n) is 11.5. The second-order valence-electron chi connectivity index (χ2n) is 4.65. The second kappa shape index (κ2) is 6.19. The van der Waals surface area contributed by atoms with Gasteiger partial charge in [-0.05, 0) is 36.1 Å². The van der Waals surface area contributed by atoms with Crippen molar-refractivity contribution in [2.45, 2.75) is 19.3 Å². The minimum atomic E-state index is -0.846. The number of hydrogen-bond donors (Lipinski definition) is 1. The predicted octanol–water partition coefficient (Wildman–Crippen LogP) is 2.81. The molecule has 4 nitrogen and oxygen atoms in total. The van der Waals surface area contributed by atoms with E-state index in [4.69, 9.17) is 4.74 Å². The molecule has 1 aromatic heterocycles. The van der Waals surface area contributed by atoms with Crippen LogP contribution in [0.15, 0.2) is 42.6 Å². The van der Waals surface area contributed by atoms with Gasteiger partial charge in [-0.3, -0.25) is 4.79 Å². The first-order valence-electron chi connectivity index (χ1n) is 6.39. The van der Waals surface area contributed by atoms with Crippen LogP contribution in [-0.2, 0) is 11.2 Å². The summed E-state index contributed by atoms with van der Waals surface area (Å²) in [5.41, 5.74) is 2.84.